The topological polar surface area (TPSA) is 64.6 Å². The molecule has 21 heavy (non-hydrogen) atoms. The van der Waals surface area contributed by atoms with Gasteiger partial charge in [0.25, 0.3) is 5.91 Å². The van der Waals surface area contributed by atoms with Crippen LogP contribution >= 0.6 is 0 Å². The molecule has 0 radical (unpaired) electrons. The third kappa shape index (κ3) is 6.79. The molecule has 0 fully saturated rings. The molecule has 0 atom stereocenters. The number of hydrogen-bond acceptors (Lipinski definition) is 4. The van der Waals surface area contributed by atoms with Crippen LogP contribution in [0.15, 0.2) is 24.3 Å². The molecule has 0 saturated carbocycles. The van der Waals surface area contributed by atoms with Gasteiger partial charge in [-0.15, -0.1) is 0 Å². The Kier molecular flexibility index (Phi) is 7.29. The summed E-state index contributed by atoms with van der Waals surface area (Å²) in [6.45, 7) is 6.48. The van der Waals surface area contributed by atoms with Crippen LogP contribution in [0.2, 0.25) is 0 Å². The molecule has 0 bridgehead atoms. The minimum atomic E-state index is -0.316. The van der Waals surface area contributed by atoms with Gasteiger partial charge in [0, 0.05) is 6.54 Å². The van der Waals surface area contributed by atoms with Crippen LogP contribution in [0.25, 0.3) is 0 Å². The van der Waals surface area contributed by atoms with Gasteiger partial charge >= 0.3 is 5.97 Å². The fraction of sp³-hybridized carbons (Fsp3) is 0.500. The molecule has 0 aromatic heterocycles. The molecule has 116 valence electrons. The predicted molar refractivity (Wildman–Crippen MR) is 80.3 cm³/mol. The zero-order valence-corrected chi connectivity index (χ0v) is 12.8. The number of hydrogen-bond donors (Lipinski definition) is 1. The highest BCUT2D eigenvalue weighted by Gasteiger charge is 2.06. The molecular formula is C16H23NO4. The predicted octanol–water partition coefficient (Wildman–Crippen LogP) is 2.26. The van der Waals surface area contributed by atoms with Crippen molar-refractivity contribution in [1.82, 2.24) is 5.32 Å². The van der Waals surface area contributed by atoms with Crippen molar-refractivity contribution in [3.8, 4) is 5.75 Å². The maximum Gasteiger partial charge on any atom is 0.307 e. The van der Waals surface area contributed by atoms with Crippen molar-refractivity contribution < 1.29 is 19.1 Å². The van der Waals surface area contributed by atoms with Crippen LogP contribution in [0.1, 0.15) is 38.7 Å². The summed E-state index contributed by atoms with van der Waals surface area (Å²) in [5, 5.41) is 2.61. The van der Waals surface area contributed by atoms with Crippen LogP contribution in [-0.4, -0.2) is 31.6 Å². The van der Waals surface area contributed by atoms with Gasteiger partial charge in [0.1, 0.15) is 5.75 Å². The molecule has 5 heteroatoms. The summed E-state index contributed by atoms with van der Waals surface area (Å²) < 4.78 is 10.2. The lowest BCUT2D eigenvalue weighted by Crippen LogP contribution is -2.31. The van der Waals surface area contributed by atoms with Gasteiger partial charge in [0.15, 0.2) is 6.61 Å². The van der Waals surface area contributed by atoms with Crippen LogP contribution in [-0.2, 0) is 14.3 Å². The molecule has 0 spiro atoms. The second-order valence-corrected chi connectivity index (χ2v) is 4.92. The molecule has 1 aromatic carbocycles. The lowest BCUT2D eigenvalue weighted by Gasteiger charge is -2.10. The van der Waals surface area contributed by atoms with Gasteiger partial charge in [-0.3, -0.25) is 9.59 Å². The molecule has 0 aliphatic heterocycles. The zero-order valence-electron chi connectivity index (χ0n) is 12.8. The number of ether oxygens (including phenoxy) is 2. The number of rotatable bonds is 8. The van der Waals surface area contributed by atoms with E-state index in [2.05, 4.69) is 19.2 Å². The van der Waals surface area contributed by atoms with Crippen molar-refractivity contribution in [1.29, 1.82) is 0 Å². The monoisotopic (exact) mass is 293 g/mol. The number of benzene rings is 1. The highest BCUT2D eigenvalue weighted by Crippen LogP contribution is 2.19. The van der Waals surface area contributed by atoms with E-state index in [9.17, 15) is 9.59 Å². The molecule has 0 aliphatic carbocycles. The number of carbonyl (C=O) groups excluding carboxylic acids is 2. The minimum absolute atomic E-state index is 0.0651. The van der Waals surface area contributed by atoms with Crippen LogP contribution in [0.4, 0.5) is 0 Å². The van der Waals surface area contributed by atoms with Gasteiger partial charge in [-0.05, 0) is 30.5 Å². The van der Waals surface area contributed by atoms with Crippen LogP contribution in [0.5, 0.6) is 5.75 Å². The second kappa shape index (κ2) is 9.00. The lowest BCUT2D eigenvalue weighted by molar-refractivity contribution is -0.143. The smallest absolute Gasteiger partial charge is 0.307 e. The van der Waals surface area contributed by atoms with Crippen molar-refractivity contribution in [3.63, 3.8) is 0 Å². The average Bonchev–Trinajstić information content (AvgIpc) is 2.45. The molecule has 1 amide bonds. The summed E-state index contributed by atoms with van der Waals surface area (Å²) in [5.41, 5.74) is 1.16. The third-order valence-electron chi connectivity index (χ3n) is 2.85. The molecule has 0 aliphatic rings. The number of amides is 1. The first kappa shape index (κ1) is 17.0. The summed E-state index contributed by atoms with van der Waals surface area (Å²) in [6, 6.07) is 7.68. The van der Waals surface area contributed by atoms with Gasteiger partial charge in [-0.1, -0.05) is 26.0 Å². The highest BCUT2D eigenvalue weighted by atomic mass is 16.5. The molecule has 0 unspecified atom stereocenters. The summed E-state index contributed by atoms with van der Waals surface area (Å²) in [7, 11) is 0. The molecule has 1 rings (SSSR count). The van der Waals surface area contributed by atoms with Gasteiger partial charge in [0.05, 0.1) is 13.0 Å². The molecule has 1 N–H and O–H groups in total. The zero-order chi connectivity index (χ0) is 15.7. The fourth-order valence-corrected chi connectivity index (χ4v) is 1.70. The van der Waals surface area contributed by atoms with Crippen molar-refractivity contribution in [2.45, 2.75) is 33.1 Å². The van der Waals surface area contributed by atoms with Crippen molar-refractivity contribution in [2.24, 2.45) is 0 Å². The maximum atomic E-state index is 11.6. The summed E-state index contributed by atoms with van der Waals surface area (Å²) in [6.07, 6.45) is 0.169. The largest absolute Gasteiger partial charge is 0.484 e. The first-order valence-electron chi connectivity index (χ1n) is 7.18. The number of esters is 1. The van der Waals surface area contributed by atoms with Gasteiger partial charge in [-0.2, -0.15) is 0 Å². The van der Waals surface area contributed by atoms with Crippen LogP contribution in [0, 0.1) is 0 Å². The number of carbonyl (C=O) groups is 2. The van der Waals surface area contributed by atoms with Gasteiger partial charge in [-0.25, -0.2) is 0 Å². The Balaban J connectivity index is 2.30. The molecule has 0 heterocycles. The standard InChI is InChI=1S/C16H23NO4/c1-4-20-16(19)8-9-17-15(18)11-21-14-7-5-6-13(10-14)12(2)3/h5-7,10,12H,4,8-9,11H2,1-3H3,(H,17,18). The van der Waals surface area contributed by atoms with E-state index in [1.54, 1.807) is 6.92 Å². The second-order valence-electron chi connectivity index (χ2n) is 4.92. The van der Waals surface area contributed by atoms with Gasteiger partial charge < -0.3 is 14.8 Å². The van der Waals surface area contributed by atoms with E-state index >= 15 is 0 Å². The van der Waals surface area contributed by atoms with E-state index in [0.29, 0.717) is 18.3 Å². The quantitative estimate of drug-likeness (QED) is 0.747. The number of nitrogens with one attached hydrogen (secondary N) is 1. The minimum Gasteiger partial charge on any atom is -0.484 e. The maximum absolute atomic E-state index is 11.6. The summed E-state index contributed by atoms with van der Waals surface area (Å²) >= 11 is 0. The van der Waals surface area contributed by atoms with E-state index in [1.807, 2.05) is 24.3 Å². The Labute approximate surface area is 125 Å². The Morgan fingerprint density at radius 1 is 1.29 bits per heavy atom. The van der Waals surface area contributed by atoms with Crippen molar-refractivity contribution >= 4 is 11.9 Å². The van der Waals surface area contributed by atoms with E-state index in [-0.39, 0.29) is 31.4 Å². The van der Waals surface area contributed by atoms with E-state index in [4.69, 9.17) is 9.47 Å². The van der Waals surface area contributed by atoms with Crippen LogP contribution < -0.4 is 10.1 Å². The highest BCUT2D eigenvalue weighted by molar-refractivity contribution is 5.78. The first-order chi connectivity index (χ1) is 10.0. The normalized spacial score (nSPS) is 10.3. The molecule has 5 nitrogen and oxygen atoms in total. The van der Waals surface area contributed by atoms with Crippen LogP contribution in [0.3, 0.4) is 0 Å². The summed E-state index contributed by atoms with van der Waals surface area (Å²) in [4.78, 5) is 22.7. The fourth-order valence-electron chi connectivity index (χ4n) is 1.70. The molecular weight excluding hydrogens is 270 g/mol. The Bertz CT molecular complexity index is 471. The van der Waals surface area contributed by atoms with Crippen molar-refractivity contribution in [3.05, 3.63) is 29.8 Å². The third-order valence-corrected chi connectivity index (χ3v) is 2.85. The SMILES string of the molecule is CCOC(=O)CCNC(=O)COc1cccc(C(C)C)c1. The average molecular weight is 293 g/mol. The van der Waals surface area contributed by atoms with E-state index in [0.717, 1.165) is 5.56 Å². The van der Waals surface area contributed by atoms with Crippen molar-refractivity contribution in [2.75, 3.05) is 19.8 Å². The Morgan fingerprint density at radius 3 is 2.71 bits per heavy atom. The van der Waals surface area contributed by atoms with E-state index in [1.165, 1.54) is 0 Å². The lowest BCUT2D eigenvalue weighted by atomic mass is 10.0. The Morgan fingerprint density at radius 2 is 2.05 bits per heavy atom. The molecule has 1 aromatic rings. The first-order valence-corrected chi connectivity index (χ1v) is 7.18. The van der Waals surface area contributed by atoms with E-state index < -0.39 is 0 Å². The molecule has 0 saturated heterocycles. The summed E-state index contributed by atoms with van der Waals surface area (Å²) in [5.74, 6) is 0.506. The Hall–Kier alpha value is -2.04. The van der Waals surface area contributed by atoms with Gasteiger partial charge in [0.2, 0.25) is 0 Å².